The summed E-state index contributed by atoms with van der Waals surface area (Å²) in [6, 6.07) is 16.4. The largest absolute Gasteiger partial charge is 0.370 e. The standard InChI is InChI=1S/C26H24FN5O4S/c1-17-25(32-37(2,34)35)31-24(14-29-17)18-6-5-7-19(12-18)26(33)30-21-10-9-20(23(27)13-21)15-36-16-22-8-3-4-11-28-22/h3-14H,15-16H2,1-2H3,(H,30,33)(H,31,32). The molecular weight excluding hydrogens is 497 g/mol. The quantitative estimate of drug-likeness (QED) is 0.336. The Morgan fingerprint density at radius 2 is 1.86 bits per heavy atom. The number of nitrogens with zero attached hydrogens (tertiary/aromatic N) is 3. The zero-order valence-corrected chi connectivity index (χ0v) is 20.9. The van der Waals surface area contributed by atoms with Gasteiger partial charge in [0.15, 0.2) is 5.82 Å². The molecule has 0 aliphatic heterocycles. The Bertz CT molecular complexity index is 1530. The average Bonchev–Trinajstić information content (AvgIpc) is 2.86. The number of nitrogens with one attached hydrogen (secondary N) is 2. The highest BCUT2D eigenvalue weighted by atomic mass is 32.2. The number of pyridine rings is 1. The predicted octanol–water partition coefficient (Wildman–Crippen LogP) is 4.33. The van der Waals surface area contributed by atoms with Crippen LogP contribution in [0.25, 0.3) is 11.3 Å². The van der Waals surface area contributed by atoms with Crippen LogP contribution in [-0.2, 0) is 28.0 Å². The highest BCUT2D eigenvalue weighted by Crippen LogP contribution is 2.22. The Hall–Kier alpha value is -4.22. The number of carbonyl (C=O) groups is 1. The fourth-order valence-electron chi connectivity index (χ4n) is 3.37. The number of sulfonamides is 1. The van der Waals surface area contributed by atoms with Crippen molar-refractivity contribution in [3.05, 3.63) is 101 Å². The van der Waals surface area contributed by atoms with Gasteiger partial charge < -0.3 is 10.1 Å². The lowest BCUT2D eigenvalue weighted by atomic mass is 10.1. The van der Waals surface area contributed by atoms with Gasteiger partial charge in [-0.15, -0.1) is 0 Å². The van der Waals surface area contributed by atoms with E-state index < -0.39 is 21.7 Å². The van der Waals surface area contributed by atoms with Crippen molar-refractivity contribution in [1.82, 2.24) is 15.0 Å². The van der Waals surface area contributed by atoms with Crippen LogP contribution >= 0.6 is 0 Å². The first-order chi connectivity index (χ1) is 17.7. The van der Waals surface area contributed by atoms with Crippen molar-refractivity contribution in [2.24, 2.45) is 0 Å². The van der Waals surface area contributed by atoms with E-state index in [0.29, 0.717) is 28.1 Å². The van der Waals surface area contributed by atoms with Crippen LogP contribution in [0.3, 0.4) is 0 Å². The molecule has 2 heterocycles. The van der Waals surface area contributed by atoms with E-state index in [-0.39, 0.29) is 24.7 Å². The monoisotopic (exact) mass is 521 g/mol. The van der Waals surface area contributed by atoms with E-state index in [1.165, 1.54) is 12.3 Å². The first-order valence-electron chi connectivity index (χ1n) is 11.2. The van der Waals surface area contributed by atoms with E-state index in [1.807, 2.05) is 12.1 Å². The van der Waals surface area contributed by atoms with E-state index in [2.05, 4.69) is 25.0 Å². The summed E-state index contributed by atoms with van der Waals surface area (Å²) in [4.78, 5) is 25.5. The molecule has 190 valence electrons. The van der Waals surface area contributed by atoms with Gasteiger partial charge >= 0.3 is 0 Å². The van der Waals surface area contributed by atoms with Gasteiger partial charge in [0.25, 0.3) is 5.91 Å². The van der Waals surface area contributed by atoms with Crippen LogP contribution in [0.5, 0.6) is 0 Å². The molecule has 2 aromatic heterocycles. The minimum atomic E-state index is -3.54. The maximum atomic E-state index is 14.6. The smallest absolute Gasteiger partial charge is 0.255 e. The molecule has 2 aromatic carbocycles. The third-order valence-corrected chi connectivity index (χ3v) is 5.77. The highest BCUT2D eigenvalue weighted by Gasteiger charge is 2.13. The summed E-state index contributed by atoms with van der Waals surface area (Å²) in [7, 11) is -3.54. The molecule has 37 heavy (non-hydrogen) atoms. The van der Waals surface area contributed by atoms with Crippen LogP contribution in [-0.4, -0.2) is 35.5 Å². The van der Waals surface area contributed by atoms with Crippen LogP contribution in [0.4, 0.5) is 15.9 Å². The molecule has 0 saturated carbocycles. The number of carbonyl (C=O) groups excluding carboxylic acids is 1. The summed E-state index contributed by atoms with van der Waals surface area (Å²) < 4.78 is 45.7. The number of halogens is 1. The Morgan fingerprint density at radius 1 is 1.03 bits per heavy atom. The molecule has 2 N–H and O–H groups in total. The maximum absolute atomic E-state index is 14.6. The Labute approximate surface area is 213 Å². The molecule has 0 fully saturated rings. The molecule has 11 heteroatoms. The van der Waals surface area contributed by atoms with Crippen molar-refractivity contribution in [3.63, 3.8) is 0 Å². The zero-order valence-electron chi connectivity index (χ0n) is 20.1. The van der Waals surface area contributed by atoms with E-state index >= 15 is 0 Å². The minimum absolute atomic E-state index is 0.0619. The lowest BCUT2D eigenvalue weighted by Crippen LogP contribution is -2.13. The van der Waals surface area contributed by atoms with Gasteiger partial charge in [0.2, 0.25) is 10.0 Å². The molecule has 0 spiro atoms. The molecule has 0 bridgehead atoms. The van der Waals surface area contributed by atoms with E-state index in [1.54, 1.807) is 55.6 Å². The van der Waals surface area contributed by atoms with Crippen LogP contribution < -0.4 is 10.0 Å². The lowest BCUT2D eigenvalue weighted by molar-refractivity contribution is 0.102. The molecule has 0 unspecified atom stereocenters. The Morgan fingerprint density at radius 3 is 2.59 bits per heavy atom. The number of benzene rings is 2. The van der Waals surface area contributed by atoms with Gasteiger partial charge in [-0.2, -0.15) is 0 Å². The summed E-state index contributed by atoms with van der Waals surface area (Å²) in [5.74, 6) is -0.849. The minimum Gasteiger partial charge on any atom is -0.370 e. The van der Waals surface area contributed by atoms with Gasteiger partial charge in [0.1, 0.15) is 5.82 Å². The molecule has 4 aromatic rings. The number of rotatable bonds is 9. The highest BCUT2D eigenvalue weighted by molar-refractivity contribution is 7.92. The SMILES string of the molecule is Cc1ncc(-c2cccc(C(=O)Nc3ccc(COCc4ccccn4)c(F)c3)c2)nc1NS(C)(=O)=O. The molecule has 0 aliphatic carbocycles. The zero-order chi connectivity index (χ0) is 26.4. The summed E-state index contributed by atoms with van der Waals surface area (Å²) in [6.45, 7) is 1.95. The lowest BCUT2D eigenvalue weighted by Gasteiger charge is -2.11. The maximum Gasteiger partial charge on any atom is 0.255 e. The second kappa shape index (κ2) is 11.2. The van der Waals surface area contributed by atoms with E-state index in [0.717, 1.165) is 11.9 Å². The van der Waals surface area contributed by atoms with Crippen LogP contribution in [0, 0.1) is 12.7 Å². The third kappa shape index (κ3) is 7.15. The van der Waals surface area contributed by atoms with Crippen molar-refractivity contribution in [1.29, 1.82) is 0 Å². The van der Waals surface area contributed by atoms with Gasteiger partial charge in [-0.25, -0.2) is 17.8 Å². The van der Waals surface area contributed by atoms with Crippen LogP contribution in [0.2, 0.25) is 0 Å². The van der Waals surface area contributed by atoms with Gasteiger partial charge in [0.05, 0.1) is 42.7 Å². The predicted molar refractivity (Wildman–Crippen MR) is 138 cm³/mol. The first-order valence-corrected chi connectivity index (χ1v) is 13.1. The number of ether oxygens (including phenoxy) is 1. The molecule has 9 nitrogen and oxygen atoms in total. The molecular formula is C26H24FN5O4S. The molecule has 4 rings (SSSR count). The van der Waals surface area contributed by atoms with Crippen molar-refractivity contribution >= 4 is 27.4 Å². The fourth-order valence-corrected chi connectivity index (χ4v) is 3.92. The number of aromatic nitrogens is 3. The van der Waals surface area contributed by atoms with E-state index in [9.17, 15) is 17.6 Å². The number of amides is 1. The second-order valence-corrected chi connectivity index (χ2v) is 9.97. The average molecular weight is 522 g/mol. The summed E-state index contributed by atoms with van der Waals surface area (Å²) >= 11 is 0. The molecule has 0 radical (unpaired) electrons. The Kier molecular flexibility index (Phi) is 7.85. The number of aryl methyl sites for hydroxylation is 1. The van der Waals surface area contributed by atoms with Gasteiger partial charge in [0, 0.05) is 28.6 Å². The second-order valence-electron chi connectivity index (χ2n) is 8.22. The summed E-state index contributed by atoms with van der Waals surface area (Å²) in [5.41, 5.74) is 3.05. The van der Waals surface area contributed by atoms with Crippen molar-refractivity contribution in [3.8, 4) is 11.3 Å². The van der Waals surface area contributed by atoms with Crippen LogP contribution in [0.1, 0.15) is 27.3 Å². The third-order valence-electron chi connectivity index (χ3n) is 5.20. The van der Waals surface area contributed by atoms with Crippen molar-refractivity contribution < 1.29 is 22.3 Å². The van der Waals surface area contributed by atoms with Gasteiger partial charge in [-0.05, 0) is 43.3 Å². The fraction of sp³-hybridized carbons (Fsp3) is 0.154. The molecule has 1 amide bonds. The first kappa shape index (κ1) is 25.9. The van der Waals surface area contributed by atoms with E-state index in [4.69, 9.17) is 4.74 Å². The van der Waals surface area contributed by atoms with Crippen molar-refractivity contribution in [2.45, 2.75) is 20.1 Å². The molecule has 0 atom stereocenters. The molecule has 0 aliphatic rings. The van der Waals surface area contributed by atoms with Gasteiger partial charge in [-0.3, -0.25) is 19.5 Å². The number of anilines is 2. The van der Waals surface area contributed by atoms with Gasteiger partial charge in [-0.1, -0.05) is 24.3 Å². The number of hydrogen-bond donors (Lipinski definition) is 2. The van der Waals surface area contributed by atoms with Crippen molar-refractivity contribution in [2.75, 3.05) is 16.3 Å². The summed E-state index contributed by atoms with van der Waals surface area (Å²) in [6.07, 6.45) is 4.17. The van der Waals surface area contributed by atoms with Crippen LogP contribution in [0.15, 0.2) is 73.1 Å². The molecule has 0 saturated heterocycles. The Balaban J connectivity index is 1.43. The normalized spacial score (nSPS) is 11.2. The topological polar surface area (TPSA) is 123 Å². The number of hydrogen-bond acceptors (Lipinski definition) is 7. The summed E-state index contributed by atoms with van der Waals surface area (Å²) in [5, 5.41) is 2.68.